The van der Waals surface area contributed by atoms with Gasteiger partial charge in [-0.1, -0.05) is 13.8 Å². The molecule has 2 aromatic heterocycles. The highest BCUT2D eigenvalue weighted by molar-refractivity contribution is 7.89. The Labute approximate surface area is 143 Å². The molecule has 0 unspecified atom stereocenters. The molecule has 6 nitrogen and oxygen atoms in total. The minimum absolute atomic E-state index is 0.158. The van der Waals surface area contributed by atoms with Gasteiger partial charge < -0.3 is 9.88 Å². The molecule has 0 amide bonds. The number of anilines is 1. The molecule has 3 heterocycles. The molecule has 0 bridgehead atoms. The molecule has 3 rings (SSSR count). The first-order valence-corrected chi connectivity index (χ1v) is 10.2. The average Bonchev–Trinajstić information content (AvgIpc) is 3.03. The molecule has 24 heavy (non-hydrogen) atoms. The first-order chi connectivity index (χ1) is 11.4. The maximum Gasteiger partial charge on any atom is 0.214 e. The summed E-state index contributed by atoms with van der Waals surface area (Å²) in [6.07, 6.45) is 5.23. The summed E-state index contributed by atoms with van der Waals surface area (Å²) in [4.78, 5) is 9.69. The summed E-state index contributed by atoms with van der Waals surface area (Å²) >= 11 is 0. The number of hydrogen-bond donors (Lipinski definition) is 1. The molecule has 0 radical (unpaired) electrons. The van der Waals surface area contributed by atoms with Gasteiger partial charge in [0.25, 0.3) is 0 Å². The van der Waals surface area contributed by atoms with Crippen LogP contribution in [0.3, 0.4) is 0 Å². The summed E-state index contributed by atoms with van der Waals surface area (Å²) in [6, 6.07) is 4.18. The summed E-state index contributed by atoms with van der Waals surface area (Å²) in [6.45, 7) is 5.30. The fourth-order valence-corrected chi connectivity index (χ4v) is 5.13. The smallest absolute Gasteiger partial charge is 0.214 e. The topological polar surface area (TPSA) is 69.3 Å². The van der Waals surface area contributed by atoms with Crippen LogP contribution in [0.5, 0.6) is 0 Å². The van der Waals surface area contributed by atoms with Gasteiger partial charge >= 0.3 is 0 Å². The number of aromatic amines is 1. The van der Waals surface area contributed by atoms with E-state index in [0.29, 0.717) is 25.4 Å². The van der Waals surface area contributed by atoms with Crippen LogP contribution in [0.15, 0.2) is 24.5 Å². The molecule has 0 saturated carbocycles. The molecule has 2 atom stereocenters. The van der Waals surface area contributed by atoms with E-state index in [1.165, 1.54) is 0 Å². The quantitative estimate of drug-likeness (QED) is 0.899. The molecule has 132 valence electrons. The molecule has 2 aromatic rings. The van der Waals surface area contributed by atoms with Crippen LogP contribution in [0.25, 0.3) is 11.0 Å². The summed E-state index contributed by atoms with van der Waals surface area (Å²) in [5.41, 5.74) is 1.95. The lowest BCUT2D eigenvalue weighted by atomic mass is 9.93. The Morgan fingerprint density at radius 1 is 1.42 bits per heavy atom. The lowest BCUT2D eigenvalue weighted by Gasteiger charge is -2.42. The highest BCUT2D eigenvalue weighted by Crippen LogP contribution is 2.31. The fourth-order valence-electron chi connectivity index (χ4n) is 3.60. The molecule has 1 aliphatic rings. The van der Waals surface area contributed by atoms with Crippen molar-refractivity contribution in [3.63, 3.8) is 0 Å². The van der Waals surface area contributed by atoms with Gasteiger partial charge in [-0.25, -0.2) is 13.4 Å². The molecular formula is C17H26N4O2S. The van der Waals surface area contributed by atoms with Crippen molar-refractivity contribution in [2.75, 3.05) is 30.8 Å². The number of likely N-dealkylation sites (N-methyl/N-ethyl adjacent to an activating group) is 1. The number of aromatic nitrogens is 2. The molecule has 1 N–H and O–H groups in total. The van der Waals surface area contributed by atoms with Crippen LogP contribution in [0.1, 0.15) is 26.7 Å². The third-order valence-corrected chi connectivity index (χ3v) is 7.09. The lowest BCUT2D eigenvalue weighted by molar-refractivity contribution is 0.248. The van der Waals surface area contributed by atoms with Crippen molar-refractivity contribution >= 4 is 26.7 Å². The zero-order valence-electron chi connectivity index (χ0n) is 14.6. The van der Waals surface area contributed by atoms with Crippen molar-refractivity contribution in [3.8, 4) is 0 Å². The number of pyridine rings is 1. The SMILES string of the molecule is CCCS(=O)(=O)N1CC[C@@H](C)[C@@H](N(C)c2ccnc3[nH]ccc23)C1. The second kappa shape index (κ2) is 6.72. The Bertz CT molecular complexity index is 802. The molecule has 0 aromatic carbocycles. The summed E-state index contributed by atoms with van der Waals surface area (Å²) < 4.78 is 26.6. The van der Waals surface area contributed by atoms with E-state index in [1.807, 2.05) is 25.3 Å². The van der Waals surface area contributed by atoms with E-state index in [0.717, 1.165) is 23.1 Å². The Hall–Kier alpha value is -1.60. The van der Waals surface area contributed by atoms with Gasteiger partial charge in [-0.2, -0.15) is 4.31 Å². The van der Waals surface area contributed by atoms with Crippen molar-refractivity contribution in [2.24, 2.45) is 5.92 Å². The minimum Gasteiger partial charge on any atom is -0.369 e. The van der Waals surface area contributed by atoms with Crippen molar-refractivity contribution < 1.29 is 8.42 Å². The number of fused-ring (bicyclic) bond motifs is 1. The predicted molar refractivity (Wildman–Crippen MR) is 97.7 cm³/mol. The van der Waals surface area contributed by atoms with Crippen molar-refractivity contribution in [2.45, 2.75) is 32.7 Å². The van der Waals surface area contributed by atoms with Crippen LogP contribution >= 0.6 is 0 Å². The fraction of sp³-hybridized carbons (Fsp3) is 0.588. The number of sulfonamides is 1. The molecule has 1 saturated heterocycles. The van der Waals surface area contributed by atoms with E-state index in [2.05, 4.69) is 28.8 Å². The van der Waals surface area contributed by atoms with E-state index < -0.39 is 10.0 Å². The largest absolute Gasteiger partial charge is 0.369 e. The van der Waals surface area contributed by atoms with Crippen molar-refractivity contribution in [1.82, 2.24) is 14.3 Å². The normalized spacial score (nSPS) is 22.8. The highest BCUT2D eigenvalue weighted by atomic mass is 32.2. The molecule has 1 fully saturated rings. The van der Waals surface area contributed by atoms with Gasteiger partial charge in [-0.05, 0) is 30.9 Å². The standard InChI is InChI=1S/C17H26N4O2S/c1-4-11-24(22,23)21-10-7-13(2)16(12-21)20(3)15-6-9-19-17-14(15)5-8-18-17/h5-6,8-9,13,16H,4,7,10-12H2,1-3H3,(H,18,19)/t13-,16+/m1/s1. The van der Waals surface area contributed by atoms with Crippen molar-refractivity contribution in [3.05, 3.63) is 24.5 Å². The zero-order chi connectivity index (χ0) is 17.3. The summed E-state index contributed by atoms with van der Waals surface area (Å²) in [5.74, 6) is 0.667. The van der Waals surface area contributed by atoms with Crippen LogP contribution in [0.4, 0.5) is 5.69 Å². The number of piperidine rings is 1. The third kappa shape index (κ3) is 3.15. The first-order valence-electron chi connectivity index (χ1n) is 8.56. The number of nitrogens with zero attached hydrogens (tertiary/aromatic N) is 3. The van der Waals surface area contributed by atoms with Gasteiger partial charge in [-0.15, -0.1) is 0 Å². The number of nitrogens with one attached hydrogen (secondary N) is 1. The Morgan fingerprint density at radius 2 is 2.21 bits per heavy atom. The summed E-state index contributed by atoms with van der Waals surface area (Å²) in [5, 5.41) is 1.07. The minimum atomic E-state index is -3.15. The summed E-state index contributed by atoms with van der Waals surface area (Å²) in [7, 11) is -1.09. The van der Waals surface area contributed by atoms with Gasteiger partial charge in [0, 0.05) is 49.6 Å². The van der Waals surface area contributed by atoms with E-state index in [-0.39, 0.29) is 11.8 Å². The van der Waals surface area contributed by atoms with Gasteiger partial charge in [0.05, 0.1) is 5.75 Å². The Kier molecular flexibility index (Phi) is 4.83. The molecule has 0 aliphatic carbocycles. The highest BCUT2D eigenvalue weighted by Gasteiger charge is 2.34. The Morgan fingerprint density at radius 3 is 2.96 bits per heavy atom. The van der Waals surface area contributed by atoms with Crippen LogP contribution < -0.4 is 4.90 Å². The Balaban J connectivity index is 1.88. The van der Waals surface area contributed by atoms with E-state index in [1.54, 1.807) is 10.5 Å². The average molecular weight is 350 g/mol. The van der Waals surface area contributed by atoms with E-state index in [4.69, 9.17) is 0 Å². The lowest BCUT2D eigenvalue weighted by Crippen LogP contribution is -2.53. The predicted octanol–water partition coefficient (Wildman–Crippen LogP) is 2.45. The monoisotopic (exact) mass is 350 g/mol. The molecule has 7 heteroatoms. The van der Waals surface area contributed by atoms with Gasteiger partial charge in [0.15, 0.2) is 0 Å². The van der Waals surface area contributed by atoms with E-state index in [9.17, 15) is 8.42 Å². The maximum atomic E-state index is 12.5. The molecule has 1 aliphatic heterocycles. The van der Waals surface area contributed by atoms with Crippen LogP contribution in [0.2, 0.25) is 0 Å². The number of rotatable bonds is 5. The third-order valence-electron chi connectivity index (χ3n) is 5.05. The molecule has 0 spiro atoms. The second-order valence-corrected chi connectivity index (χ2v) is 8.78. The second-order valence-electron chi connectivity index (χ2n) is 6.69. The van der Waals surface area contributed by atoms with Gasteiger partial charge in [0.2, 0.25) is 10.0 Å². The number of H-pyrrole nitrogens is 1. The van der Waals surface area contributed by atoms with Crippen LogP contribution in [0, 0.1) is 5.92 Å². The molecular weight excluding hydrogens is 324 g/mol. The van der Waals surface area contributed by atoms with Crippen molar-refractivity contribution in [1.29, 1.82) is 0 Å². The van der Waals surface area contributed by atoms with Gasteiger partial charge in [0.1, 0.15) is 5.65 Å². The zero-order valence-corrected chi connectivity index (χ0v) is 15.4. The van der Waals surface area contributed by atoms with E-state index >= 15 is 0 Å². The first kappa shape index (κ1) is 17.2. The maximum absolute atomic E-state index is 12.5. The number of hydrogen-bond acceptors (Lipinski definition) is 4. The van der Waals surface area contributed by atoms with Crippen LogP contribution in [-0.2, 0) is 10.0 Å². The van der Waals surface area contributed by atoms with Crippen LogP contribution in [-0.4, -0.2) is 54.6 Å². The van der Waals surface area contributed by atoms with Gasteiger partial charge in [-0.3, -0.25) is 0 Å².